The molecular formula is C21H16ClN3O3. The van der Waals surface area contributed by atoms with Crippen LogP contribution in [0.25, 0.3) is 22.6 Å². The van der Waals surface area contributed by atoms with E-state index in [9.17, 15) is 9.59 Å². The fraction of sp³-hybridized carbons (Fsp3) is 0.0952. The molecule has 0 N–H and O–H groups in total. The van der Waals surface area contributed by atoms with Crippen LogP contribution in [-0.2, 0) is 4.74 Å². The monoisotopic (exact) mass is 393 g/mol. The lowest BCUT2D eigenvalue weighted by Crippen LogP contribution is -2.16. The highest BCUT2D eigenvalue weighted by atomic mass is 35.5. The lowest BCUT2D eigenvalue weighted by molar-refractivity contribution is 0.0600. The van der Waals surface area contributed by atoms with Crippen LogP contribution in [0.1, 0.15) is 15.9 Å². The van der Waals surface area contributed by atoms with E-state index in [2.05, 4.69) is 5.10 Å². The number of carbonyl (C=O) groups is 1. The lowest BCUT2D eigenvalue weighted by Gasteiger charge is -2.12. The quantitative estimate of drug-likeness (QED) is 0.495. The van der Waals surface area contributed by atoms with E-state index in [-0.39, 0.29) is 16.8 Å². The van der Waals surface area contributed by atoms with Crippen LogP contribution in [0, 0.1) is 6.92 Å². The van der Waals surface area contributed by atoms with Gasteiger partial charge in [-0.2, -0.15) is 9.78 Å². The van der Waals surface area contributed by atoms with Crippen LogP contribution in [0.5, 0.6) is 0 Å². The summed E-state index contributed by atoms with van der Waals surface area (Å²) in [5.74, 6) is -0.583. The normalized spacial score (nSPS) is 11.0. The SMILES string of the molecule is COC(=O)c1cn(-c2ccccc2Cl)cc2c(=O)n(-c3ccccc3C)nc1-2. The van der Waals surface area contributed by atoms with Crippen molar-refractivity contribution in [2.24, 2.45) is 0 Å². The van der Waals surface area contributed by atoms with E-state index < -0.39 is 5.97 Å². The fourth-order valence-corrected chi connectivity index (χ4v) is 3.36. The van der Waals surface area contributed by atoms with Gasteiger partial charge in [-0.3, -0.25) is 4.79 Å². The van der Waals surface area contributed by atoms with Crippen LogP contribution < -0.4 is 5.56 Å². The van der Waals surface area contributed by atoms with Gasteiger partial charge in [0.1, 0.15) is 11.3 Å². The van der Waals surface area contributed by atoms with Gasteiger partial charge in [-0.05, 0) is 30.7 Å². The summed E-state index contributed by atoms with van der Waals surface area (Å²) in [5.41, 5.74) is 2.63. The molecule has 0 spiro atoms. The molecular weight excluding hydrogens is 378 g/mol. The van der Waals surface area contributed by atoms with Crippen LogP contribution in [0.4, 0.5) is 0 Å². The molecule has 4 rings (SSSR count). The molecule has 0 unspecified atom stereocenters. The Morgan fingerprint density at radius 1 is 1.04 bits per heavy atom. The first-order chi connectivity index (χ1) is 13.5. The Morgan fingerprint density at radius 3 is 2.39 bits per heavy atom. The molecule has 2 aromatic carbocycles. The Morgan fingerprint density at radius 2 is 1.71 bits per heavy atom. The molecule has 7 heteroatoms. The van der Waals surface area contributed by atoms with Crippen LogP contribution in [0.2, 0.25) is 5.02 Å². The zero-order valence-corrected chi connectivity index (χ0v) is 16.0. The molecule has 2 aromatic rings. The second kappa shape index (κ2) is 6.98. The molecule has 28 heavy (non-hydrogen) atoms. The lowest BCUT2D eigenvalue weighted by atomic mass is 10.1. The predicted molar refractivity (Wildman–Crippen MR) is 107 cm³/mol. The van der Waals surface area contributed by atoms with Crippen molar-refractivity contribution in [1.82, 2.24) is 14.3 Å². The highest BCUT2D eigenvalue weighted by molar-refractivity contribution is 6.32. The smallest absolute Gasteiger partial charge is 0.341 e. The molecule has 2 heterocycles. The van der Waals surface area contributed by atoms with Gasteiger partial charge in [0.05, 0.1) is 29.1 Å². The standard InChI is InChI=1S/C21H16ClN3O3/c1-13-7-3-5-9-17(13)25-20(26)14-11-24(18-10-6-4-8-16(18)22)12-15(19(14)23-25)21(27)28-2/h3-12H,1-2H3. The maximum atomic E-state index is 13.1. The van der Waals surface area contributed by atoms with Crippen molar-refractivity contribution in [2.45, 2.75) is 6.92 Å². The van der Waals surface area contributed by atoms with E-state index >= 15 is 0 Å². The molecule has 0 amide bonds. The van der Waals surface area contributed by atoms with Gasteiger partial charge >= 0.3 is 5.97 Å². The zero-order chi connectivity index (χ0) is 19.8. The Bertz CT molecular complexity index is 1230. The minimum Gasteiger partial charge on any atom is -0.465 e. The minimum absolute atomic E-state index is 0.185. The van der Waals surface area contributed by atoms with Crippen molar-refractivity contribution in [3.8, 4) is 22.6 Å². The number of rotatable bonds is 3. The third-order valence-corrected chi connectivity index (χ3v) is 4.87. The molecule has 0 saturated heterocycles. The van der Waals surface area contributed by atoms with E-state index in [1.54, 1.807) is 35.2 Å². The first-order valence-corrected chi connectivity index (χ1v) is 8.93. The summed E-state index contributed by atoms with van der Waals surface area (Å²) < 4.78 is 7.86. The van der Waals surface area contributed by atoms with E-state index in [1.807, 2.05) is 37.3 Å². The number of methoxy groups -OCH3 is 1. The maximum Gasteiger partial charge on any atom is 0.341 e. The van der Waals surface area contributed by atoms with Gasteiger partial charge in [0, 0.05) is 12.4 Å². The molecule has 0 aliphatic carbocycles. The number of nitrogens with zero attached hydrogens (tertiary/aromatic N) is 3. The average Bonchev–Trinajstić information content (AvgIpc) is 3.04. The number of hydrogen-bond acceptors (Lipinski definition) is 4. The van der Waals surface area contributed by atoms with E-state index in [1.165, 1.54) is 11.8 Å². The molecule has 0 saturated carbocycles. The maximum absolute atomic E-state index is 13.1. The number of aryl methyl sites for hydroxylation is 1. The van der Waals surface area contributed by atoms with Crippen molar-refractivity contribution in [2.75, 3.05) is 7.11 Å². The van der Waals surface area contributed by atoms with Gasteiger partial charge in [0.15, 0.2) is 0 Å². The molecule has 2 aliphatic heterocycles. The van der Waals surface area contributed by atoms with Crippen LogP contribution in [-0.4, -0.2) is 27.4 Å². The third-order valence-electron chi connectivity index (χ3n) is 4.55. The number of aromatic nitrogens is 3. The van der Waals surface area contributed by atoms with Crippen LogP contribution in [0.15, 0.2) is 65.7 Å². The largest absolute Gasteiger partial charge is 0.465 e. The Kier molecular flexibility index (Phi) is 4.49. The number of halogens is 1. The summed E-state index contributed by atoms with van der Waals surface area (Å²) in [5, 5.41) is 4.91. The van der Waals surface area contributed by atoms with Crippen LogP contribution >= 0.6 is 11.6 Å². The summed E-state index contributed by atoms with van der Waals surface area (Å²) in [6.07, 6.45) is 3.21. The summed E-state index contributed by atoms with van der Waals surface area (Å²) >= 11 is 6.30. The molecule has 0 atom stereocenters. The number of carbonyl (C=O) groups excluding carboxylic acids is 1. The molecule has 0 radical (unpaired) electrons. The third kappa shape index (κ3) is 2.88. The van der Waals surface area contributed by atoms with Crippen molar-refractivity contribution < 1.29 is 9.53 Å². The van der Waals surface area contributed by atoms with Crippen LogP contribution in [0.3, 0.4) is 0 Å². The summed E-state index contributed by atoms with van der Waals surface area (Å²) in [7, 11) is 1.29. The topological polar surface area (TPSA) is 66.1 Å². The highest BCUT2D eigenvalue weighted by Gasteiger charge is 2.25. The van der Waals surface area contributed by atoms with Crippen molar-refractivity contribution in [1.29, 1.82) is 0 Å². The molecule has 0 aromatic heterocycles. The van der Waals surface area contributed by atoms with Gasteiger partial charge in [0.25, 0.3) is 5.56 Å². The number of ether oxygens (including phenoxy) is 1. The Labute approximate surface area is 165 Å². The van der Waals surface area contributed by atoms with Gasteiger partial charge in [-0.1, -0.05) is 41.9 Å². The number of fused-ring (bicyclic) bond motifs is 1. The van der Waals surface area contributed by atoms with E-state index in [4.69, 9.17) is 16.3 Å². The van der Waals surface area contributed by atoms with Crippen molar-refractivity contribution in [3.63, 3.8) is 0 Å². The highest BCUT2D eigenvalue weighted by Crippen LogP contribution is 2.27. The van der Waals surface area contributed by atoms with Crippen molar-refractivity contribution >= 4 is 17.6 Å². The first-order valence-electron chi connectivity index (χ1n) is 8.55. The van der Waals surface area contributed by atoms with Gasteiger partial charge < -0.3 is 9.30 Å². The number of esters is 1. The van der Waals surface area contributed by atoms with Crippen molar-refractivity contribution in [3.05, 3.63) is 87.4 Å². The Balaban J connectivity index is 2.04. The molecule has 2 aliphatic rings. The number of para-hydroxylation sites is 2. The van der Waals surface area contributed by atoms with E-state index in [0.29, 0.717) is 22.0 Å². The molecule has 140 valence electrons. The number of benzene rings is 2. The van der Waals surface area contributed by atoms with Gasteiger partial charge in [0.2, 0.25) is 0 Å². The molecule has 0 bridgehead atoms. The summed E-state index contributed by atoms with van der Waals surface area (Å²) in [6, 6.07) is 14.6. The second-order valence-corrected chi connectivity index (χ2v) is 6.70. The Hall–Kier alpha value is -3.38. The minimum atomic E-state index is -0.583. The van der Waals surface area contributed by atoms with Gasteiger partial charge in [-0.25, -0.2) is 4.79 Å². The molecule has 0 fully saturated rings. The van der Waals surface area contributed by atoms with Gasteiger partial charge in [-0.15, -0.1) is 0 Å². The zero-order valence-electron chi connectivity index (χ0n) is 15.2. The number of hydrogen-bond donors (Lipinski definition) is 0. The number of pyridine rings is 1. The second-order valence-electron chi connectivity index (χ2n) is 6.29. The predicted octanol–water partition coefficient (Wildman–Crippen LogP) is 3.88. The fourth-order valence-electron chi connectivity index (χ4n) is 3.13. The summed E-state index contributed by atoms with van der Waals surface area (Å²) in [4.78, 5) is 25.5. The summed E-state index contributed by atoms with van der Waals surface area (Å²) in [6.45, 7) is 1.90. The molecule has 6 nitrogen and oxygen atoms in total. The average molecular weight is 394 g/mol. The first kappa shape index (κ1) is 18.0. The van der Waals surface area contributed by atoms with E-state index in [0.717, 1.165) is 5.56 Å².